The van der Waals surface area contributed by atoms with Crippen LogP contribution < -0.4 is 27.1 Å². The number of carbonyl (C=O) groups is 4. The van der Waals surface area contributed by atoms with Crippen LogP contribution in [0.4, 0.5) is 0 Å². The van der Waals surface area contributed by atoms with Crippen LogP contribution in [0.25, 0.3) is 22.1 Å². The van der Waals surface area contributed by atoms with Crippen molar-refractivity contribution in [1.82, 2.24) is 40.0 Å². The highest BCUT2D eigenvalue weighted by Gasteiger charge is 2.35. The van der Waals surface area contributed by atoms with E-state index in [1.807, 2.05) is 7.05 Å². The summed E-state index contributed by atoms with van der Waals surface area (Å²) in [7, 11) is 3.57. The highest BCUT2D eigenvalue weighted by Crippen LogP contribution is 2.31. The normalized spacial score (nSPS) is 14.7. The van der Waals surface area contributed by atoms with Crippen molar-refractivity contribution in [3.63, 3.8) is 0 Å². The average Bonchev–Trinajstić information content (AvgIpc) is 3.40. The standard InChI is InChI=1S/C26H29ClN4O5.C18H14ClN3O4.C8H17NO2/c1-30(16-26(17-32)8-11-36-12-9-26)22(33)15-31-23-19(3-2-10-28-23)13-21(25(31)35)24(34)29-14-18-4-6-20(27)7-5-18;19-13-5-3-11(4-6-13)9-21-17(25)14-8-12-2-1-7-20-16(12)22(18(14)26)10-15(23)24;1-9-6-8(7-10)2-4-11-5-3-8/h2-7,10,13,32H,8-9,11-12,14-17H2,1H3,(H,29,34);1-8H,9-10H2,(H,21,25)(H,23,24);9-10H,2-7H2,1H3. The molecule has 0 aliphatic carbocycles. The quantitative estimate of drug-likeness (QED) is 0.0792. The zero-order valence-electron chi connectivity index (χ0n) is 40.7. The highest BCUT2D eigenvalue weighted by molar-refractivity contribution is 6.30. The van der Waals surface area contributed by atoms with Gasteiger partial charge in [-0.25, -0.2) is 9.97 Å². The number of carbonyl (C=O) groups excluding carboxylic acids is 3. The molecule has 2 saturated heterocycles. The second-order valence-corrected chi connectivity index (χ2v) is 18.9. The monoisotopic (exact) mass is 1040 g/mol. The number of amides is 3. The second kappa shape index (κ2) is 26.4. The molecule has 6 N–H and O–H groups in total. The fraction of sp³-hybridized carbons (Fsp3) is 0.385. The van der Waals surface area contributed by atoms with Crippen LogP contribution in [0, 0.1) is 10.8 Å². The second-order valence-electron chi connectivity index (χ2n) is 18.1. The summed E-state index contributed by atoms with van der Waals surface area (Å²) in [5.41, 5.74) is 0.332. The minimum atomic E-state index is -1.20. The average molecular weight is 1040 g/mol. The Hall–Kier alpha value is -6.58. The number of rotatable bonds is 16. The largest absolute Gasteiger partial charge is 0.480 e. The van der Waals surface area contributed by atoms with Crippen molar-refractivity contribution in [3.05, 3.63) is 150 Å². The molecule has 0 bridgehead atoms. The van der Waals surface area contributed by atoms with Crippen molar-refractivity contribution >= 4 is 69.0 Å². The molecule has 0 spiro atoms. The number of carboxylic acids is 1. The molecule has 0 saturated carbocycles. The van der Waals surface area contributed by atoms with Crippen molar-refractivity contribution in [1.29, 1.82) is 0 Å². The summed E-state index contributed by atoms with van der Waals surface area (Å²) >= 11 is 11.7. The van der Waals surface area contributed by atoms with Crippen molar-refractivity contribution < 1.29 is 44.0 Å². The molecule has 4 aromatic heterocycles. The lowest BCUT2D eigenvalue weighted by Gasteiger charge is -2.38. The molecule has 19 nitrogen and oxygen atoms in total. The molecule has 2 aliphatic rings. The van der Waals surface area contributed by atoms with Crippen LogP contribution in [-0.2, 0) is 45.2 Å². The fourth-order valence-electron chi connectivity index (χ4n) is 8.51. The smallest absolute Gasteiger partial charge is 0.323 e. The number of nitrogens with one attached hydrogen (secondary N) is 3. The van der Waals surface area contributed by atoms with E-state index in [1.165, 1.54) is 34.0 Å². The Balaban J connectivity index is 0.000000204. The fourth-order valence-corrected chi connectivity index (χ4v) is 8.77. The van der Waals surface area contributed by atoms with Gasteiger partial charge in [0.25, 0.3) is 22.9 Å². The number of nitrogens with zero attached hydrogens (tertiary/aromatic N) is 5. The van der Waals surface area contributed by atoms with Gasteiger partial charge in [0.1, 0.15) is 35.5 Å². The summed E-state index contributed by atoms with van der Waals surface area (Å²) in [6.07, 6.45) is 6.24. The lowest BCUT2D eigenvalue weighted by Crippen LogP contribution is -2.46. The third kappa shape index (κ3) is 15.0. The van der Waals surface area contributed by atoms with Gasteiger partial charge in [-0.2, -0.15) is 0 Å². The van der Waals surface area contributed by atoms with Crippen LogP contribution in [0.15, 0.2) is 107 Å². The van der Waals surface area contributed by atoms with Crippen molar-refractivity contribution in [3.8, 4) is 0 Å². The number of hydrogen-bond acceptors (Lipinski definition) is 13. The van der Waals surface area contributed by atoms with Gasteiger partial charge in [0, 0.05) is 104 Å². The maximum absolute atomic E-state index is 13.4. The Morgan fingerprint density at radius 2 is 1.10 bits per heavy atom. The molecule has 0 radical (unpaired) electrons. The minimum Gasteiger partial charge on any atom is -0.480 e. The lowest BCUT2D eigenvalue weighted by atomic mass is 9.80. The van der Waals surface area contributed by atoms with E-state index in [9.17, 15) is 39.0 Å². The number of aliphatic hydroxyl groups excluding tert-OH is 2. The molecule has 6 heterocycles. The lowest BCUT2D eigenvalue weighted by molar-refractivity contribution is -0.137. The van der Waals surface area contributed by atoms with E-state index in [4.69, 9.17) is 37.8 Å². The number of pyridine rings is 4. The summed E-state index contributed by atoms with van der Waals surface area (Å²) in [6, 6.07) is 23.6. The molecule has 2 fully saturated rings. The van der Waals surface area contributed by atoms with Crippen molar-refractivity contribution in [2.45, 2.75) is 51.9 Å². The van der Waals surface area contributed by atoms with Gasteiger partial charge in [-0.3, -0.25) is 37.9 Å². The molecule has 6 aromatic rings. The summed E-state index contributed by atoms with van der Waals surface area (Å²) in [6.45, 7) is 3.68. The van der Waals surface area contributed by atoms with Gasteiger partial charge >= 0.3 is 5.97 Å². The van der Waals surface area contributed by atoms with Gasteiger partial charge in [0.05, 0.1) is 13.2 Å². The van der Waals surface area contributed by atoms with Gasteiger partial charge < -0.3 is 45.6 Å². The van der Waals surface area contributed by atoms with E-state index < -0.39 is 40.9 Å². The summed E-state index contributed by atoms with van der Waals surface area (Å²) < 4.78 is 12.9. The number of benzene rings is 2. The Kier molecular flexibility index (Phi) is 20.1. The van der Waals surface area contributed by atoms with Gasteiger partial charge in [0.2, 0.25) is 5.91 Å². The zero-order valence-corrected chi connectivity index (χ0v) is 42.2. The van der Waals surface area contributed by atoms with Crippen LogP contribution in [0.2, 0.25) is 10.0 Å². The molecule has 2 aliphatic heterocycles. The van der Waals surface area contributed by atoms with E-state index >= 15 is 0 Å². The van der Waals surface area contributed by atoms with Gasteiger partial charge in [-0.15, -0.1) is 0 Å². The number of aliphatic hydroxyl groups is 2. The number of halogens is 2. The molecular formula is C52H60Cl2N8O11. The molecule has 21 heteroatoms. The molecule has 8 rings (SSSR count). The van der Waals surface area contributed by atoms with E-state index in [2.05, 4.69) is 25.9 Å². The SMILES string of the molecule is CN(CC1(CO)CCOCC1)C(=O)Cn1c(=O)c(C(=O)NCc2ccc(Cl)cc2)cc2cccnc21.CNCC1(CO)CCOCC1.O=C(O)Cn1c(=O)c(C(=O)NCc2ccc(Cl)cc2)cc2cccnc21. The van der Waals surface area contributed by atoms with E-state index in [0.29, 0.717) is 59.1 Å². The number of carboxylic acid groups (broad SMARTS) is 1. The minimum absolute atomic E-state index is 0.0539. The number of hydrogen-bond donors (Lipinski definition) is 6. The maximum Gasteiger partial charge on any atom is 0.323 e. The first-order valence-electron chi connectivity index (χ1n) is 23.6. The first-order chi connectivity index (χ1) is 35.1. The van der Waals surface area contributed by atoms with Crippen molar-refractivity contribution in [2.24, 2.45) is 10.8 Å². The zero-order chi connectivity index (χ0) is 52.5. The predicted octanol–water partition coefficient (Wildman–Crippen LogP) is 4.29. The third-order valence-corrected chi connectivity index (χ3v) is 13.3. The highest BCUT2D eigenvalue weighted by atomic mass is 35.5. The number of aromatic nitrogens is 4. The summed E-state index contributed by atoms with van der Waals surface area (Å²) in [5, 5.41) is 39.0. The molecular weight excluding hydrogens is 984 g/mol. The van der Waals surface area contributed by atoms with Gasteiger partial charge in [-0.1, -0.05) is 47.5 Å². The van der Waals surface area contributed by atoms with E-state index in [-0.39, 0.29) is 60.9 Å². The van der Waals surface area contributed by atoms with Crippen LogP contribution >= 0.6 is 23.2 Å². The van der Waals surface area contributed by atoms with Crippen molar-refractivity contribution in [2.75, 3.05) is 66.8 Å². The van der Waals surface area contributed by atoms with E-state index in [1.54, 1.807) is 79.8 Å². The maximum atomic E-state index is 13.4. The van der Waals surface area contributed by atoms with E-state index in [0.717, 1.165) is 48.3 Å². The van der Waals surface area contributed by atoms with Crippen LogP contribution in [0.3, 0.4) is 0 Å². The van der Waals surface area contributed by atoms with Gasteiger partial charge in [-0.05, 0) is 105 Å². The summed E-state index contributed by atoms with van der Waals surface area (Å²) in [4.78, 5) is 85.5. The Morgan fingerprint density at radius 3 is 1.51 bits per heavy atom. The first kappa shape index (κ1) is 55.7. The molecule has 0 atom stereocenters. The van der Waals surface area contributed by atoms with Crippen LogP contribution in [0.5, 0.6) is 0 Å². The first-order valence-corrected chi connectivity index (χ1v) is 24.4. The van der Waals surface area contributed by atoms with Crippen LogP contribution in [-0.4, -0.2) is 130 Å². The van der Waals surface area contributed by atoms with Gasteiger partial charge in [0.15, 0.2) is 0 Å². The molecule has 73 heavy (non-hydrogen) atoms. The molecule has 2 aromatic carbocycles. The molecule has 3 amide bonds. The number of aliphatic carboxylic acids is 1. The molecule has 388 valence electrons. The summed E-state index contributed by atoms with van der Waals surface area (Å²) in [5.74, 6) is -2.65. The predicted molar refractivity (Wildman–Crippen MR) is 276 cm³/mol. The molecule has 0 unspecified atom stereocenters. The Morgan fingerprint density at radius 1 is 0.671 bits per heavy atom. The Bertz CT molecular complexity index is 2970. The number of likely N-dealkylation sites (N-methyl/N-ethyl adjacent to an activating group) is 1. The number of fused-ring (bicyclic) bond motifs is 2. The number of ether oxygens (including phenoxy) is 2. The third-order valence-electron chi connectivity index (χ3n) is 12.8. The Labute approximate surface area is 431 Å². The van der Waals surface area contributed by atoms with Crippen LogP contribution in [0.1, 0.15) is 57.5 Å². The topological polar surface area (TPSA) is 257 Å².